The van der Waals surface area contributed by atoms with Crippen molar-refractivity contribution in [3.8, 4) is 0 Å². The highest BCUT2D eigenvalue weighted by Crippen LogP contribution is 2.23. The largest absolute Gasteiger partial charge is 0.460 e. The molecule has 102 valence electrons. The molecule has 0 fully saturated rings. The van der Waals surface area contributed by atoms with Crippen molar-refractivity contribution < 1.29 is 19.2 Å². The Morgan fingerprint density at radius 3 is 2.68 bits per heavy atom. The SMILES string of the molecule is CCOC(=O)C(=O)C[C@@H](C)c1cccc([N+](=O)[O-])c1. The van der Waals surface area contributed by atoms with Gasteiger partial charge in [0, 0.05) is 18.6 Å². The van der Waals surface area contributed by atoms with Gasteiger partial charge >= 0.3 is 5.97 Å². The van der Waals surface area contributed by atoms with E-state index >= 15 is 0 Å². The van der Waals surface area contributed by atoms with Crippen molar-refractivity contribution in [2.75, 3.05) is 6.61 Å². The van der Waals surface area contributed by atoms with E-state index in [9.17, 15) is 19.7 Å². The summed E-state index contributed by atoms with van der Waals surface area (Å²) >= 11 is 0. The highest BCUT2D eigenvalue weighted by Gasteiger charge is 2.20. The number of non-ortho nitro benzene ring substituents is 1. The second-order valence-electron chi connectivity index (χ2n) is 4.10. The summed E-state index contributed by atoms with van der Waals surface area (Å²) in [7, 11) is 0. The lowest BCUT2D eigenvalue weighted by atomic mass is 9.95. The van der Waals surface area contributed by atoms with Gasteiger partial charge in [-0.1, -0.05) is 19.1 Å². The van der Waals surface area contributed by atoms with E-state index in [0.717, 1.165) is 0 Å². The second-order valence-corrected chi connectivity index (χ2v) is 4.10. The van der Waals surface area contributed by atoms with Gasteiger partial charge in [0.2, 0.25) is 5.78 Å². The molecule has 0 saturated carbocycles. The number of rotatable bonds is 6. The molecule has 0 aliphatic heterocycles. The maximum atomic E-state index is 11.5. The van der Waals surface area contributed by atoms with Gasteiger partial charge in [-0.2, -0.15) is 0 Å². The van der Waals surface area contributed by atoms with Crippen LogP contribution in [0.4, 0.5) is 5.69 Å². The topological polar surface area (TPSA) is 86.5 Å². The Bertz CT molecular complexity index is 498. The molecule has 6 heteroatoms. The van der Waals surface area contributed by atoms with Crippen molar-refractivity contribution >= 4 is 17.4 Å². The highest BCUT2D eigenvalue weighted by atomic mass is 16.6. The van der Waals surface area contributed by atoms with Crippen LogP contribution in [-0.4, -0.2) is 23.3 Å². The summed E-state index contributed by atoms with van der Waals surface area (Å²) in [6.45, 7) is 3.50. The lowest BCUT2D eigenvalue weighted by molar-refractivity contribution is -0.384. The molecule has 6 nitrogen and oxygen atoms in total. The number of nitro benzene ring substituents is 1. The van der Waals surface area contributed by atoms with Crippen LogP contribution in [0.3, 0.4) is 0 Å². The fraction of sp³-hybridized carbons (Fsp3) is 0.385. The molecule has 0 aliphatic carbocycles. The van der Waals surface area contributed by atoms with Crippen molar-refractivity contribution in [2.45, 2.75) is 26.2 Å². The van der Waals surface area contributed by atoms with E-state index in [-0.39, 0.29) is 24.6 Å². The molecule has 0 amide bonds. The molecule has 0 unspecified atom stereocenters. The summed E-state index contributed by atoms with van der Waals surface area (Å²) in [4.78, 5) is 32.9. The lowest BCUT2D eigenvalue weighted by Crippen LogP contribution is -2.19. The van der Waals surface area contributed by atoms with Crippen LogP contribution in [-0.2, 0) is 14.3 Å². The predicted octanol–water partition coefficient (Wildman–Crippen LogP) is 2.22. The zero-order chi connectivity index (χ0) is 14.4. The van der Waals surface area contributed by atoms with Gasteiger partial charge in [0.25, 0.3) is 5.69 Å². The van der Waals surface area contributed by atoms with Crippen molar-refractivity contribution in [3.63, 3.8) is 0 Å². The minimum Gasteiger partial charge on any atom is -0.460 e. The average Bonchev–Trinajstić information content (AvgIpc) is 2.39. The third-order valence-corrected chi connectivity index (χ3v) is 2.64. The first-order valence-electron chi connectivity index (χ1n) is 5.90. The Morgan fingerprint density at radius 1 is 1.42 bits per heavy atom. The van der Waals surface area contributed by atoms with Crippen molar-refractivity contribution in [1.29, 1.82) is 0 Å². The van der Waals surface area contributed by atoms with Crippen LogP contribution in [0.2, 0.25) is 0 Å². The van der Waals surface area contributed by atoms with Crippen LogP contribution >= 0.6 is 0 Å². The Labute approximate surface area is 110 Å². The molecule has 0 radical (unpaired) electrons. The number of carbonyl (C=O) groups is 2. The van der Waals surface area contributed by atoms with Crippen molar-refractivity contribution in [1.82, 2.24) is 0 Å². The smallest absolute Gasteiger partial charge is 0.374 e. The third-order valence-electron chi connectivity index (χ3n) is 2.64. The quantitative estimate of drug-likeness (QED) is 0.340. The summed E-state index contributed by atoms with van der Waals surface area (Å²) in [5, 5.41) is 10.7. The van der Waals surface area contributed by atoms with Crippen LogP contribution in [0, 0.1) is 10.1 Å². The summed E-state index contributed by atoms with van der Waals surface area (Å²) in [6, 6.07) is 6.03. The predicted molar refractivity (Wildman–Crippen MR) is 67.8 cm³/mol. The molecule has 0 bridgehead atoms. The first-order chi connectivity index (χ1) is 8.95. The summed E-state index contributed by atoms with van der Waals surface area (Å²) in [6.07, 6.45) is -0.0278. The Hall–Kier alpha value is -2.24. The molecule has 1 atom stereocenters. The molecule has 0 aromatic heterocycles. The zero-order valence-electron chi connectivity index (χ0n) is 10.8. The highest BCUT2D eigenvalue weighted by molar-refractivity contribution is 6.33. The molecule has 0 aliphatic rings. The Morgan fingerprint density at radius 2 is 2.11 bits per heavy atom. The van der Waals surface area contributed by atoms with Gasteiger partial charge in [0.15, 0.2) is 0 Å². The summed E-state index contributed by atoms with van der Waals surface area (Å²) in [5.74, 6) is -1.77. The van der Waals surface area contributed by atoms with Crippen LogP contribution in [0.1, 0.15) is 31.7 Å². The number of nitro groups is 1. The molecule has 0 N–H and O–H groups in total. The molecular weight excluding hydrogens is 250 g/mol. The fourth-order valence-corrected chi connectivity index (χ4v) is 1.64. The Kier molecular flexibility index (Phi) is 5.17. The maximum absolute atomic E-state index is 11.5. The van der Waals surface area contributed by atoms with E-state index in [4.69, 9.17) is 0 Å². The zero-order valence-corrected chi connectivity index (χ0v) is 10.8. The van der Waals surface area contributed by atoms with Gasteiger partial charge in [-0.3, -0.25) is 14.9 Å². The van der Waals surface area contributed by atoms with Crippen LogP contribution < -0.4 is 0 Å². The molecule has 19 heavy (non-hydrogen) atoms. The van der Waals surface area contributed by atoms with E-state index in [1.54, 1.807) is 26.0 Å². The number of esters is 1. The normalized spacial score (nSPS) is 11.7. The molecule has 0 spiro atoms. The minimum atomic E-state index is -0.861. The first-order valence-corrected chi connectivity index (χ1v) is 5.90. The minimum absolute atomic E-state index is 0.0278. The van der Waals surface area contributed by atoms with Gasteiger partial charge in [0.1, 0.15) is 0 Å². The van der Waals surface area contributed by atoms with Crippen molar-refractivity contribution in [2.24, 2.45) is 0 Å². The number of ether oxygens (including phenoxy) is 1. The molecule has 1 aromatic carbocycles. The lowest BCUT2D eigenvalue weighted by Gasteiger charge is -2.10. The molecular formula is C13H15NO5. The number of nitrogens with zero attached hydrogens (tertiary/aromatic N) is 1. The molecule has 1 rings (SSSR count). The van der Waals surface area contributed by atoms with Gasteiger partial charge in [0.05, 0.1) is 11.5 Å². The molecule has 1 aromatic rings. The average molecular weight is 265 g/mol. The number of hydrogen-bond donors (Lipinski definition) is 0. The van der Waals surface area contributed by atoms with Gasteiger partial charge in [-0.05, 0) is 18.4 Å². The van der Waals surface area contributed by atoms with Crippen molar-refractivity contribution in [3.05, 3.63) is 39.9 Å². The number of Topliss-reactive ketones (excluding diaryl/α,β-unsaturated/α-hetero) is 1. The van der Waals surface area contributed by atoms with Crippen LogP contribution in [0.25, 0.3) is 0 Å². The van der Waals surface area contributed by atoms with E-state index in [0.29, 0.717) is 5.56 Å². The third kappa shape index (κ3) is 4.17. The standard InChI is InChI=1S/C13H15NO5/c1-3-19-13(16)12(15)7-9(2)10-5-4-6-11(8-10)14(17)18/h4-6,8-9H,3,7H2,1-2H3/t9-/m1/s1. The number of ketones is 1. The number of benzene rings is 1. The van der Waals surface area contributed by atoms with E-state index in [1.807, 2.05) is 0 Å². The first kappa shape index (κ1) is 14.8. The number of hydrogen-bond acceptors (Lipinski definition) is 5. The summed E-state index contributed by atoms with van der Waals surface area (Å²) in [5.41, 5.74) is 0.611. The monoisotopic (exact) mass is 265 g/mol. The van der Waals surface area contributed by atoms with Gasteiger partial charge in [-0.25, -0.2) is 4.79 Å². The van der Waals surface area contributed by atoms with Gasteiger partial charge < -0.3 is 4.74 Å². The molecule has 0 saturated heterocycles. The van der Waals surface area contributed by atoms with Gasteiger partial charge in [-0.15, -0.1) is 0 Å². The second kappa shape index (κ2) is 6.63. The fourth-order valence-electron chi connectivity index (χ4n) is 1.64. The van der Waals surface area contributed by atoms with Crippen LogP contribution in [0.5, 0.6) is 0 Å². The summed E-state index contributed by atoms with van der Waals surface area (Å²) < 4.78 is 4.61. The number of carbonyl (C=O) groups excluding carboxylic acids is 2. The Balaban J connectivity index is 2.75. The van der Waals surface area contributed by atoms with E-state index in [2.05, 4.69) is 4.74 Å². The van der Waals surface area contributed by atoms with E-state index in [1.165, 1.54) is 12.1 Å². The molecule has 0 heterocycles. The van der Waals surface area contributed by atoms with Crippen LogP contribution in [0.15, 0.2) is 24.3 Å². The maximum Gasteiger partial charge on any atom is 0.374 e. The van der Waals surface area contributed by atoms with E-state index < -0.39 is 16.7 Å².